The Kier molecular flexibility index (Phi) is 3.49. The maximum absolute atomic E-state index is 10.3. The van der Waals surface area contributed by atoms with E-state index in [9.17, 15) is 9.59 Å². The molecule has 0 unspecified atom stereocenters. The number of nitrogens with two attached hydrogens (primary N) is 1. The van der Waals surface area contributed by atoms with Crippen molar-refractivity contribution >= 4 is 24.0 Å². The van der Waals surface area contributed by atoms with Crippen LogP contribution in [0.4, 0.5) is 0 Å². The number of carbonyl (C=O) groups excluding carboxylic acids is 2. The SMILES string of the molecule is C=C(C=O)SC(=C)C(N)=O. The Labute approximate surface area is 63.0 Å². The zero-order chi connectivity index (χ0) is 8.15. The molecule has 0 aromatic carbocycles. The molecule has 10 heavy (non-hydrogen) atoms. The Morgan fingerprint density at radius 2 is 2.00 bits per heavy atom. The van der Waals surface area contributed by atoms with Crippen LogP contribution in [-0.4, -0.2) is 12.2 Å². The number of carbonyl (C=O) groups is 2. The molecule has 0 aliphatic carbocycles. The van der Waals surface area contributed by atoms with Crippen LogP contribution in [0, 0.1) is 0 Å². The Morgan fingerprint density at radius 1 is 1.50 bits per heavy atom. The first-order valence-corrected chi connectivity index (χ1v) is 3.20. The van der Waals surface area contributed by atoms with Crippen molar-refractivity contribution in [2.24, 2.45) is 5.73 Å². The van der Waals surface area contributed by atoms with Gasteiger partial charge < -0.3 is 5.73 Å². The molecule has 54 valence electrons. The summed E-state index contributed by atoms with van der Waals surface area (Å²) in [6.07, 6.45) is 0.540. The van der Waals surface area contributed by atoms with Crippen LogP contribution >= 0.6 is 11.8 Å². The van der Waals surface area contributed by atoms with Gasteiger partial charge in [-0.3, -0.25) is 9.59 Å². The lowest BCUT2D eigenvalue weighted by Gasteiger charge is -1.95. The quantitative estimate of drug-likeness (QED) is 0.475. The molecule has 1 amide bonds. The van der Waals surface area contributed by atoms with Crippen molar-refractivity contribution in [1.29, 1.82) is 0 Å². The highest BCUT2D eigenvalue weighted by Crippen LogP contribution is 2.19. The number of amides is 1. The van der Waals surface area contributed by atoms with E-state index in [4.69, 9.17) is 5.73 Å². The molecule has 0 atom stereocenters. The van der Waals surface area contributed by atoms with Gasteiger partial charge in [-0.25, -0.2) is 0 Å². The fourth-order valence-corrected chi connectivity index (χ4v) is 0.698. The van der Waals surface area contributed by atoms with Gasteiger partial charge in [-0.1, -0.05) is 24.9 Å². The summed E-state index contributed by atoms with van der Waals surface area (Å²) in [6.45, 7) is 6.63. The summed E-state index contributed by atoms with van der Waals surface area (Å²) in [5, 5.41) is 0. The summed E-state index contributed by atoms with van der Waals surface area (Å²) >= 11 is 0.876. The Hall–Kier alpha value is -1.03. The molecule has 0 fully saturated rings. The monoisotopic (exact) mass is 157 g/mol. The highest BCUT2D eigenvalue weighted by Gasteiger charge is 2.02. The van der Waals surface area contributed by atoms with Crippen LogP contribution < -0.4 is 5.73 Å². The van der Waals surface area contributed by atoms with Crippen molar-refractivity contribution in [1.82, 2.24) is 0 Å². The molecule has 2 N–H and O–H groups in total. The minimum Gasteiger partial charge on any atom is -0.365 e. The molecule has 0 spiro atoms. The van der Waals surface area contributed by atoms with Gasteiger partial charge in [-0.05, 0) is 0 Å². The summed E-state index contributed by atoms with van der Waals surface area (Å²) in [4.78, 5) is 20.6. The number of primary amides is 1. The predicted octanol–water partition coefficient (Wildman–Crippen LogP) is 0.431. The van der Waals surface area contributed by atoms with Gasteiger partial charge in [0.1, 0.15) is 0 Å². The lowest BCUT2D eigenvalue weighted by Crippen LogP contribution is -2.10. The van der Waals surface area contributed by atoms with Crippen LogP contribution in [0.5, 0.6) is 0 Å². The van der Waals surface area contributed by atoms with Gasteiger partial charge in [0.2, 0.25) is 0 Å². The lowest BCUT2D eigenvalue weighted by atomic mass is 10.6. The molecule has 0 saturated heterocycles. The standard InChI is InChI=1S/C6H7NO2S/c1-4(3-8)10-5(2)6(7)9/h3H,1-2H2,(H2,7,9). The van der Waals surface area contributed by atoms with Gasteiger partial charge in [0.05, 0.1) is 4.91 Å². The van der Waals surface area contributed by atoms with E-state index in [0.717, 1.165) is 11.8 Å². The fourth-order valence-electron chi connectivity index (χ4n) is 0.233. The van der Waals surface area contributed by atoms with Crippen LogP contribution in [0.3, 0.4) is 0 Å². The second-order valence-electron chi connectivity index (χ2n) is 1.47. The topological polar surface area (TPSA) is 60.2 Å². The van der Waals surface area contributed by atoms with Crippen molar-refractivity contribution in [3.63, 3.8) is 0 Å². The van der Waals surface area contributed by atoms with Crippen molar-refractivity contribution in [3.05, 3.63) is 23.0 Å². The van der Waals surface area contributed by atoms with Crippen molar-refractivity contribution in [3.8, 4) is 0 Å². The third kappa shape index (κ3) is 3.09. The first-order valence-electron chi connectivity index (χ1n) is 2.38. The molecule has 0 saturated carbocycles. The van der Waals surface area contributed by atoms with Gasteiger partial charge >= 0.3 is 0 Å². The van der Waals surface area contributed by atoms with E-state index in [-0.39, 0.29) is 9.81 Å². The number of hydrogen-bond acceptors (Lipinski definition) is 3. The number of hydrogen-bond donors (Lipinski definition) is 1. The first-order chi connectivity index (χ1) is 4.57. The molecule has 0 aromatic heterocycles. The molecule has 3 nitrogen and oxygen atoms in total. The van der Waals surface area contributed by atoms with Crippen molar-refractivity contribution in [2.75, 3.05) is 0 Å². The van der Waals surface area contributed by atoms with Gasteiger partial charge in [-0.2, -0.15) is 0 Å². The predicted molar refractivity (Wildman–Crippen MR) is 41.1 cm³/mol. The molecular formula is C6H7NO2S. The first kappa shape index (κ1) is 8.97. The zero-order valence-electron chi connectivity index (χ0n) is 5.29. The van der Waals surface area contributed by atoms with Crippen LogP contribution in [0.15, 0.2) is 23.0 Å². The van der Waals surface area contributed by atoms with E-state index < -0.39 is 5.91 Å². The molecule has 4 heteroatoms. The Morgan fingerprint density at radius 3 is 2.30 bits per heavy atom. The summed E-state index contributed by atoms with van der Waals surface area (Å²) in [7, 11) is 0. The van der Waals surface area contributed by atoms with Crippen LogP contribution in [0.25, 0.3) is 0 Å². The number of rotatable bonds is 4. The third-order valence-corrected chi connectivity index (χ3v) is 1.47. The average Bonchev–Trinajstić information content (AvgIpc) is 1.87. The largest absolute Gasteiger partial charge is 0.365 e. The van der Waals surface area contributed by atoms with Crippen LogP contribution in [0.1, 0.15) is 0 Å². The minimum atomic E-state index is -0.631. The second-order valence-corrected chi connectivity index (χ2v) is 2.69. The zero-order valence-corrected chi connectivity index (χ0v) is 6.11. The number of allylic oxidation sites excluding steroid dienone is 1. The highest BCUT2D eigenvalue weighted by atomic mass is 32.2. The second kappa shape index (κ2) is 3.90. The molecule has 0 radical (unpaired) electrons. The summed E-state index contributed by atoms with van der Waals surface area (Å²) in [5.74, 6) is -0.631. The Balaban J connectivity index is 3.92. The smallest absolute Gasteiger partial charge is 0.254 e. The van der Waals surface area contributed by atoms with Crippen LogP contribution in [0.2, 0.25) is 0 Å². The maximum Gasteiger partial charge on any atom is 0.254 e. The van der Waals surface area contributed by atoms with E-state index >= 15 is 0 Å². The number of thioether (sulfide) groups is 1. The average molecular weight is 157 g/mol. The molecule has 0 rings (SSSR count). The molecule has 0 aliphatic heterocycles. The summed E-state index contributed by atoms with van der Waals surface area (Å²) < 4.78 is 0. The summed E-state index contributed by atoms with van der Waals surface area (Å²) in [5.41, 5.74) is 4.82. The normalized spacial score (nSPS) is 8.40. The van der Waals surface area contributed by atoms with E-state index in [0.29, 0.717) is 6.29 Å². The molecule has 0 bridgehead atoms. The fraction of sp³-hybridized carbons (Fsp3) is 0. The molecule has 0 heterocycles. The molecule has 0 aliphatic rings. The van der Waals surface area contributed by atoms with Gasteiger partial charge in [0.25, 0.3) is 5.91 Å². The number of aldehydes is 1. The van der Waals surface area contributed by atoms with Gasteiger partial charge in [-0.15, -0.1) is 0 Å². The Bertz CT molecular complexity index is 198. The van der Waals surface area contributed by atoms with Gasteiger partial charge in [0, 0.05) is 4.91 Å². The lowest BCUT2D eigenvalue weighted by molar-refractivity contribution is -0.113. The van der Waals surface area contributed by atoms with E-state index in [1.807, 2.05) is 0 Å². The van der Waals surface area contributed by atoms with E-state index in [1.165, 1.54) is 0 Å². The maximum atomic E-state index is 10.3. The highest BCUT2D eigenvalue weighted by molar-refractivity contribution is 8.08. The molecular weight excluding hydrogens is 150 g/mol. The van der Waals surface area contributed by atoms with E-state index in [1.54, 1.807) is 0 Å². The van der Waals surface area contributed by atoms with E-state index in [2.05, 4.69) is 13.2 Å². The van der Waals surface area contributed by atoms with Crippen molar-refractivity contribution < 1.29 is 9.59 Å². The summed E-state index contributed by atoms with van der Waals surface area (Å²) in [6, 6.07) is 0. The molecule has 0 aromatic rings. The third-order valence-electron chi connectivity index (χ3n) is 0.661. The minimum absolute atomic E-state index is 0.122. The van der Waals surface area contributed by atoms with Gasteiger partial charge in [0.15, 0.2) is 6.29 Å². The van der Waals surface area contributed by atoms with Crippen molar-refractivity contribution in [2.45, 2.75) is 0 Å². The van der Waals surface area contributed by atoms with Crippen LogP contribution in [-0.2, 0) is 9.59 Å².